The fourth-order valence-electron chi connectivity index (χ4n) is 3.94. The Morgan fingerprint density at radius 3 is 2.74 bits per heavy atom. The smallest absolute Gasteiger partial charge is 0.257 e. The Hall–Kier alpha value is -1.53. The van der Waals surface area contributed by atoms with Crippen molar-refractivity contribution in [1.29, 1.82) is 0 Å². The Balaban J connectivity index is 1.88. The van der Waals surface area contributed by atoms with Crippen LogP contribution in [0.4, 0.5) is 8.78 Å². The molecule has 1 aliphatic carbocycles. The third-order valence-corrected chi connectivity index (χ3v) is 5.30. The number of methoxy groups -OCH3 is 2. The summed E-state index contributed by atoms with van der Waals surface area (Å²) in [6.45, 7) is 0.505. The van der Waals surface area contributed by atoms with Crippen LogP contribution in [0.3, 0.4) is 0 Å². The lowest BCUT2D eigenvalue weighted by Crippen LogP contribution is -2.53. The lowest BCUT2D eigenvalue weighted by Gasteiger charge is -2.43. The number of nitrogens with zero attached hydrogens (tertiary/aromatic N) is 1. The topological polar surface area (TPSA) is 38.8 Å². The summed E-state index contributed by atoms with van der Waals surface area (Å²) in [5.74, 6) is -1.93. The second-order valence-corrected chi connectivity index (χ2v) is 6.29. The molecule has 4 nitrogen and oxygen atoms in total. The lowest BCUT2D eigenvalue weighted by atomic mass is 9.79. The van der Waals surface area contributed by atoms with Crippen molar-refractivity contribution in [3.63, 3.8) is 0 Å². The van der Waals surface area contributed by atoms with E-state index in [9.17, 15) is 13.6 Å². The average Bonchev–Trinajstić information content (AvgIpc) is 2.93. The minimum Gasteiger partial charge on any atom is -0.381 e. The number of carbonyl (C=O) groups is 1. The molecule has 1 saturated heterocycles. The number of benzene rings is 1. The zero-order valence-electron chi connectivity index (χ0n) is 13.4. The minimum absolute atomic E-state index is 0.0646. The van der Waals surface area contributed by atoms with Crippen LogP contribution in [0.15, 0.2) is 18.2 Å². The first kappa shape index (κ1) is 16.3. The van der Waals surface area contributed by atoms with Crippen LogP contribution in [-0.2, 0) is 9.47 Å². The normalized spacial score (nSPS) is 30.3. The minimum atomic E-state index is -0.830. The van der Waals surface area contributed by atoms with Crippen LogP contribution in [0.2, 0.25) is 0 Å². The van der Waals surface area contributed by atoms with Crippen LogP contribution >= 0.6 is 0 Å². The molecule has 1 saturated carbocycles. The molecule has 23 heavy (non-hydrogen) atoms. The van der Waals surface area contributed by atoms with Gasteiger partial charge < -0.3 is 14.4 Å². The maximum atomic E-state index is 14.0. The molecule has 0 bridgehead atoms. The molecular formula is C17H21F2NO3. The molecule has 2 aliphatic rings. The van der Waals surface area contributed by atoms with Gasteiger partial charge in [-0.3, -0.25) is 4.79 Å². The van der Waals surface area contributed by atoms with E-state index in [4.69, 9.17) is 9.47 Å². The maximum absolute atomic E-state index is 14.0. The van der Waals surface area contributed by atoms with Crippen molar-refractivity contribution in [3.8, 4) is 0 Å². The van der Waals surface area contributed by atoms with Crippen LogP contribution < -0.4 is 0 Å². The van der Waals surface area contributed by atoms with Gasteiger partial charge in [-0.1, -0.05) is 0 Å². The third kappa shape index (κ3) is 2.74. The molecule has 3 atom stereocenters. The number of halogens is 2. The first-order valence-electron chi connectivity index (χ1n) is 7.85. The van der Waals surface area contributed by atoms with E-state index in [0.29, 0.717) is 13.0 Å². The number of ether oxygens (including phenoxy) is 2. The van der Waals surface area contributed by atoms with E-state index in [-0.39, 0.29) is 23.3 Å². The molecule has 0 spiro atoms. The quantitative estimate of drug-likeness (QED) is 0.858. The Morgan fingerprint density at radius 2 is 2.09 bits per heavy atom. The number of fused-ring (bicyclic) bond motifs is 1. The molecule has 1 aromatic carbocycles. The predicted octanol–water partition coefficient (Wildman–Crippen LogP) is 2.76. The van der Waals surface area contributed by atoms with Gasteiger partial charge in [0, 0.05) is 26.8 Å². The molecule has 0 aromatic heterocycles. The first-order chi connectivity index (χ1) is 11.0. The van der Waals surface area contributed by atoms with Gasteiger partial charge in [0.1, 0.15) is 11.6 Å². The van der Waals surface area contributed by atoms with Gasteiger partial charge in [-0.25, -0.2) is 8.78 Å². The highest BCUT2D eigenvalue weighted by atomic mass is 19.1. The SMILES string of the molecule is CO[C@@H]1CC[C@@]2(OC)CCN(C(=O)c3ccc(F)cc3F)[C@H]2C1. The second kappa shape index (κ2) is 6.17. The highest BCUT2D eigenvalue weighted by Crippen LogP contribution is 2.43. The highest BCUT2D eigenvalue weighted by Gasteiger charge is 2.52. The van der Waals surface area contributed by atoms with Crippen LogP contribution in [0, 0.1) is 11.6 Å². The van der Waals surface area contributed by atoms with Crippen molar-refractivity contribution in [2.75, 3.05) is 20.8 Å². The van der Waals surface area contributed by atoms with Gasteiger partial charge in [0.15, 0.2) is 0 Å². The van der Waals surface area contributed by atoms with Gasteiger partial charge >= 0.3 is 0 Å². The van der Waals surface area contributed by atoms with E-state index >= 15 is 0 Å². The van der Waals surface area contributed by atoms with E-state index in [1.807, 2.05) is 0 Å². The number of likely N-dealkylation sites (tertiary alicyclic amines) is 1. The third-order valence-electron chi connectivity index (χ3n) is 5.30. The van der Waals surface area contributed by atoms with Crippen molar-refractivity contribution < 1.29 is 23.0 Å². The van der Waals surface area contributed by atoms with Gasteiger partial charge in [-0.05, 0) is 37.8 Å². The van der Waals surface area contributed by atoms with Crippen molar-refractivity contribution in [2.24, 2.45) is 0 Å². The number of hydrogen-bond donors (Lipinski definition) is 0. The summed E-state index contributed by atoms with van der Waals surface area (Å²) in [4.78, 5) is 14.4. The van der Waals surface area contributed by atoms with Crippen molar-refractivity contribution in [1.82, 2.24) is 4.90 Å². The molecule has 1 aliphatic heterocycles. The molecule has 3 rings (SSSR count). The standard InChI is InChI=1S/C17H21F2NO3/c1-22-12-5-6-17(23-2)7-8-20(15(17)10-12)16(21)13-4-3-11(18)9-14(13)19/h3-4,9,12,15H,5-8,10H2,1-2H3/t12-,15+,17-/m1/s1. The Bertz CT molecular complexity index is 610. The Kier molecular flexibility index (Phi) is 4.38. The highest BCUT2D eigenvalue weighted by molar-refractivity contribution is 5.95. The van der Waals surface area contributed by atoms with E-state index < -0.39 is 17.5 Å². The second-order valence-electron chi connectivity index (χ2n) is 6.29. The molecule has 1 heterocycles. The fraction of sp³-hybridized carbons (Fsp3) is 0.588. The number of amides is 1. The number of rotatable bonds is 3. The monoisotopic (exact) mass is 325 g/mol. The molecular weight excluding hydrogens is 304 g/mol. The zero-order valence-corrected chi connectivity index (χ0v) is 13.4. The van der Waals surface area contributed by atoms with Crippen LogP contribution in [0.25, 0.3) is 0 Å². The molecule has 1 amide bonds. The van der Waals surface area contributed by atoms with Crippen LogP contribution in [-0.4, -0.2) is 49.3 Å². The van der Waals surface area contributed by atoms with E-state index in [0.717, 1.165) is 31.4 Å². The maximum Gasteiger partial charge on any atom is 0.257 e. The summed E-state index contributed by atoms with van der Waals surface area (Å²) in [6.07, 6.45) is 3.14. The Labute approximate surface area is 134 Å². The summed E-state index contributed by atoms with van der Waals surface area (Å²) in [5.41, 5.74) is -0.487. The van der Waals surface area contributed by atoms with E-state index in [2.05, 4.69) is 0 Å². The predicted molar refractivity (Wildman–Crippen MR) is 80.2 cm³/mol. The average molecular weight is 325 g/mol. The van der Waals surface area contributed by atoms with Crippen LogP contribution in [0.1, 0.15) is 36.0 Å². The lowest BCUT2D eigenvalue weighted by molar-refractivity contribution is -0.0894. The largest absolute Gasteiger partial charge is 0.381 e. The Morgan fingerprint density at radius 1 is 1.30 bits per heavy atom. The molecule has 126 valence electrons. The van der Waals surface area contributed by atoms with Crippen molar-refractivity contribution >= 4 is 5.91 Å². The molecule has 6 heteroatoms. The summed E-state index contributed by atoms with van der Waals surface area (Å²) < 4.78 is 38.2. The van der Waals surface area contributed by atoms with Gasteiger partial charge in [0.2, 0.25) is 0 Å². The van der Waals surface area contributed by atoms with Crippen molar-refractivity contribution in [2.45, 2.75) is 43.4 Å². The fourth-order valence-corrected chi connectivity index (χ4v) is 3.94. The van der Waals surface area contributed by atoms with E-state index in [1.165, 1.54) is 6.07 Å². The van der Waals surface area contributed by atoms with Gasteiger partial charge in [-0.15, -0.1) is 0 Å². The van der Waals surface area contributed by atoms with E-state index in [1.54, 1.807) is 19.1 Å². The van der Waals surface area contributed by atoms with Crippen molar-refractivity contribution in [3.05, 3.63) is 35.4 Å². The summed E-state index contributed by atoms with van der Waals surface area (Å²) in [7, 11) is 3.32. The van der Waals surface area contributed by atoms with Crippen LogP contribution in [0.5, 0.6) is 0 Å². The first-order valence-corrected chi connectivity index (χ1v) is 7.85. The van der Waals surface area contributed by atoms with Gasteiger partial charge in [0.25, 0.3) is 5.91 Å². The van der Waals surface area contributed by atoms with Gasteiger partial charge in [-0.2, -0.15) is 0 Å². The summed E-state index contributed by atoms with van der Waals surface area (Å²) >= 11 is 0. The summed E-state index contributed by atoms with van der Waals surface area (Å²) in [6, 6.07) is 2.90. The molecule has 0 unspecified atom stereocenters. The molecule has 2 fully saturated rings. The molecule has 0 N–H and O–H groups in total. The number of hydrogen-bond acceptors (Lipinski definition) is 3. The molecule has 1 aromatic rings. The summed E-state index contributed by atoms with van der Waals surface area (Å²) in [5, 5.41) is 0. The van der Waals surface area contributed by atoms with Gasteiger partial charge in [0.05, 0.1) is 23.3 Å². The number of carbonyl (C=O) groups excluding carboxylic acids is 1. The molecule has 0 radical (unpaired) electrons. The zero-order chi connectivity index (χ0) is 16.6.